The number of nitrogens with zero attached hydrogens (tertiary/aromatic N) is 3. The van der Waals surface area contributed by atoms with Gasteiger partial charge in [-0.15, -0.1) is 0 Å². The summed E-state index contributed by atoms with van der Waals surface area (Å²) in [6.07, 6.45) is 7.95. The smallest absolute Gasteiger partial charge is 0.249 e. The second-order valence-corrected chi connectivity index (χ2v) is 7.56. The van der Waals surface area contributed by atoms with Gasteiger partial charge in [0.05, 0.1) is 16.5 Å². The lowest BCUT2D eigenvalue weighted by atomic mass is 9.69. The van der Waals surface area contributed by atoms with Crippen molar-refractivity contribution in [1.29, 1.82) is 0 Å². The summed E-state index contributed by atoms with van der Waals surface area (Å²) in [4.78, 5) is 7.20. The van der Waals surface area contributed by atoms with E-state index in [2.05, 4.69) is 60.1 Å². The molecule has 2 N–H and O–H groups in total. The van der Waals surface area contributed by atoms with Crippen LogP contribution in [0.4, 0.5) is 0 Å². The van der Waals surface area contributed by atoms with E-state index in [0.29, 0.717) is 5.41 Å². The Morgan fingerprint density at radius 1 is 1.00 bits per heavy atom. The van der Waals surface area contributed by atoms with Crippen molar-refractivity contribution in [2.75, 3.05) is 0 Å². The summed E-state index contributed by atoms with van der Waals surface area (Å²) in [5.41, 5.74) is 0.898. The Hall–Kier alpha value is -1.39. The molecule has 0 amide bonds. The van der Waals surface area contributed by atoms with Gasteiger partial charge in [0, 0.05) is 0 Å². The lowest BCUT2D eigenvalue weighted by Crippen LogP contribution is -2.92. The highest BCUT2D eigenvalue weighted by Crippen LogP contribution is 2.38. The normalized spacial score (nSPS) is 30.1. The van der Waals surface area contributed by atoms with Crippen molar-refractivity contribution in [2.45, 2.75) is 71.4 Å². The summed E-state index contributed by atoms with van der Waals surface area (Å²) in [5.74, 6) is 1.38. The largest absolute Gasteiger partial charge is 0.374 e. The molecule has 3 heterocycles. The molecule has 20 heavy (non-hydrogen) atoms. The van der Waals surface area contributed by atoms with Crippen LogP contribution in [0, 0.1) is 5.41 Å². The summed E-state index contributed by atoms with van der Waals surface area (Å²) < 4.78 is 0. The van der Waals surface area contributed by atoms with E-state index in [1.807, 2.05) is 0 Å². The third-order valence-electron chi connectivity index (χ3n) is 4.44. The molecule has 5 heteroatoms. The van der Waals surface area contributed by atoms with E-state index in [4.69, 9.17) is 0 Å². The second-order valence-electron chi connectivity index (χ2n) is 7.56. The van der Waals surface area contributed by atoms with Crippen molar-refractivity contribution >= 4 is 5.84 Å². The molecule has 0 spiro atoms. The van der Waals surface area contributed by atoms with Crippen molar-refractivity contribution in [1.82, 2.24) is 20.5 Å². The second kappa shape index (κ2) is 5.19. The zero-order valence-corrected chi connectivity index (χ0v) is 13.3. The van der Waals surface area contributed by atoms with Crippen LogP contribution >= 0.6 is 0 Å². The first-order chi connectivity index (χ1) is 9.23. The molecule has 0 aliphatic carbocycles. The minimum absolute atomic E-state index is 0.259. The maximum absolute atomic E-state index is 3.70. The van der Waals surface area contributed by atoms with Crippen LogP contribution in [0.15, 0.2) is 12.7 Å². The summed E-state index contributed by atoms with van der Waals surface area (Å²) in [6.45, 7) is 11.6. The van der Waals surface area contributed by atoms with Crippen LogP contribution in [0.5, 0.6) is 0 Å². The van der Waals surface area contributed by atoms with E-state index in [0.717, 1.165) is 0 Å². The first-order valence-electron chi connectivity index (χ1n) is 7.40. The molecule has 2 aliphatic heterocycles. The van der Waals surface area contributed by atoms with Gasteiger partial charge >= 0.3 is 0 Å². The standard InChI is InChI=1S/C13H24N2.C2H2N3/c1-11(2)6-8-13(5)9-7-12(3,4)15-10(13)14-11;1-3-2-5-4-1/h6-9H2,1-5H3,(H,14,15);1-2H/q;-1/p+1. The molecule has 0 unspecified atom stereocenters. The van der Waals surface area contributed by atoms with E-state index >= 15 is 0 Å². The van der Waals surface area contributed by atoms with Crippen LogP contribution in [0.25, 0.3) is 0 Å². The first kappa shape index (κ1) is 15.0. The number of nitrogens with one attached hydrogen (secondary N) is 2. The fourth-order valence-corrected chi connectivity index (χ4v) is 2.84. The zero-order chi connectivity index (χ0) is 14.9. The van der Waals surface area contributed by atoms with Crippen LogP contribution < -0.4 is 15.3 Å². The minimum atomic E-state index is 0.259. The number of aromatic nitrogens is 3. The van der Waals surface area contributed by atoms with Gasteiger partial charge in [0.2, 0.25) is 5.84 Å². The van der Waals surface area contributed by atoms with Gasteiger partial charge in [0.1, 0.15) is 0 Å². The number of fused-ring (bicyclic) bond motifs is 1. The SMILES string of the molecule is CC1(C)CC[C@]2(C)CCC(C)(C)[NH+]=C2N1.c1nnc[n-]1. The van der Waals surface area contributed by atoms with Crippen molar-refractivity contribution in [3.8, 4) is 0 Å². The van der Waals surface area contributed by atoms with Crippen LogP contribution in [-0.2, 0) is 0 Å². The molecule has 0 aromatic carbocycles. The van der Waals surface area contributed by atoms with E-state index in [1.54, 1.807) is 0 Å². The zero-order valence-electron chi connectivity index (χ0n) is 13.3. The molecule has 1 aromatic rings. The predicted octanol–water partition coefficient (Wildman–Crippen LogP) is 0.640. The Balaban J connectivity index is 0.000000247. The molecule has 0 radical (unpaired) electrons. The quantitative estimate of drug-likeness (QED) is 0.730. The highest BCUT2D eigenvalue weighted by atomic mass is 15.2. The summed E-state index contributed by atoms with van der Waals surface area (Å²) in [6, 6.07) is 0. The average molecular weight is 277 g/mol. The number of hydrogen-bond donors (Lipinski definition) is 2. The van der Waals surface area contributed by atoms with Gasteiger partial charge in [0.25, 0.3) is 0 Å². The van der Waals surface area contributed by atoms with Gasteiger partial charge in [-0.3, -0.25) is 10.3 Å². The van der Waals surface area contributed by atoms with Gasteiger partial charge in [-0.05, 0) is 73.0 Å². The molecular weight excluding hydrogens is 250 g/mol. The Morgan fingerprint density at radius 2 is 1.60 bits per heavy atom. The minimum Gasteiger partial charge on any atom is -0.374 e. The molecule has 1 fully saturated rings. The maximum atomic E-state index is 3.70. The number of amidine groups is 1. The fourth-order valence-electron chi connectivity index (χ4n) is 2.84. The van der Waals surface area contributed by atoms with E-state index < -0.39 is 0 Å². The molecule has 0 saturated carbocycles. The summed E-state index contributed by atoms with van der Waals surface area (Å²) in [5, 5.41) is 10.4. The van der Waals surface area contributed by atoms with Crippen molar-refractivity contribution < 1.29 is 4.99 Å². The molecule has 1 atom stereocenters. The van der Waals surface area contributed by atoms with Crippen LogP contribution in [-0.4, -0.2) is 27.1 Å². The van der Waals surface area contributed by atoms with Crippen molar-refractivity contribution in [2.24, 2.45) is 5.41 Å². The fraction of sp³-hybridized carbons (Fsp3) is 0.800. The predicted molar refractivity (Wildman–Crippen MR) is 79.2 cm³/mol. The highest BCUT2D eigenvalue weighted by Gasteiger charge is 2.48. The van der Waals surface area contributed by atoms with Crippen molar-refractivity contribution in [3.05, 3.63) is 12.7 Å². The molecule has 1 saturated heterocycles. The third-order valence-corrected chi connectivity index (χ3v) is 4.44. The van der Waals surface area contributed by atoms with Gasteiger partial charge in [-0.2, -0.15) is 0 Å². The highest BCUT2D eigenvalue weighted by molar-refractivity contribution is 5.84. The third kappa shape index (κ3) is 3.58. The number of rotatable bonds is 0. The van der Waals surface area contributed by atoms with Crippen LogP contribution in [0.1, 0.15) is 60.3 Å². The molecule has 2 aliphatic rings. The summed E-state index contributed by atoms with van der Waals surface area (Å²) in [7, 11) is 0. The number of piperidine rings is 1. The van der Waals surface area contributed by atoms with Gasteiger partial charge in [-0.25, -0.2) is 0 Å². The van der Waals surface area contributed by atoms with Gasteiger partial charge in [-0.1, -0.05) is 0 Å². The Morgan fingerprint density at radius 3 is 2.15 bits per heavy atom. The number of hydrogen-bond acceptors (Lipinski definition) is 3. The van der Waals surface area contributed by atoms with Crippen molar-refractivity contribution in [3.63, 3.8) is 0 Å². The molecule has 1 aromatic heterocycles. The van der Waals surface area contributed by atoms with Crippen LogP contribution in [0.2, 0.25) is 0 Å². The Labute approximate surface area is 121 Å². The monoisotopic (exact) mass is 277 g/mol. The summed E-state index contributed by atoms with van der Waals surface area (Å²) >= 11 is 0. The lowest BCUT2D eigenvalue weighted by molar-refractivity contribution is -0.559. The lowest BCUT2D eigenvalue weighted by Gasteiger charge is -2.43. The molecule has 3 rings (SSSR count). The molecular formula is C15H27N5. The maximum Gasteiger partial charge on any atom is 0.249 e. The average Bonchev–Trinajstić information content (AvgIpc) is 2.89. The van der Waals surface area contributed by atoms with Crippen LogP contribution in [0.3, 0.4) is 0 Å². The molecule has 112 valence electrons. The van der Waals surface area contributed by atoms with Gasteiger partial charge in [0.15, 0.2) is 0 Å². The van der Waals surface area contributed by atoms with E-state index in [9.17, 15) is 0 Å². The topological polar surface area (TPSA) is 65.9 Å². The van der Waals surface area contributed by atoms with E-state index in [1.165, 1.54) is 44.2 Å². The molecule has 5 nitrogen and oxygen atoms in total. The first-order valence-corrected chi connectivity index (χ1v) is 7.40. The van der Waals surface area contributed by atoms with E-state index in [-0.39, 0.29) is 11.1 Å². The van der Waals surface area contributed by atoms with Gasteiger partial charge < -0.3 is 15.2 Å². The Kier molecular flexibility index (Phi) is 3.89. The Bertz CT molecular complexity index is 443. The molecule has 0 bridgehead atoms.